The van der Waals surface area contributed by atoms with E-state index < -0.39 is 5.97 Å². The second-order valence-electron chi connectivity index (χ2n) is 6.00. The second kappa shape index (κ2) is 7.87. The first-order valence-electron chi connectivity index (χ1n) is 8.37. The van der Waals surface area contributed by atoms with Crippen LogP contribution in [0, 0.1) is 12.7 Å². The van der Waals surface area contributed by atoms with E-state index in [4.69, 9.17) is 4.74 Å². The summed E-state index contributed by atoms with van der Waals surface area (Å²) in [5.74, 6) is -0.914. The molecule has 0 aliphatic carbocycles. The zero-order valence-electron chi connectivity index (χ0n) is 14.4. The minimum absolute atomic E-state index is 0.105. The highest BCUT2D eigenvalue weighted by Gasteiger charge is 2.13. The van der Waals surface area contributed by atoms with E-state index in [0.717, 1.165) is 16.6 Å². The smallest absolute Gasteiger partial charge is 0.338 e. The fourth-order valence-electron chi connectivity index (χ4n) is 2.73. The van der Waals surface area contributed by atoms with Crippen LogP contribution in [0.4, 0.5) is 4.39 Å². The molecular formula is C21H18FNO3. The van der Waals surface area contributed by atoms with Crippen LogP contribution in [-0.2, 0) is 4.74 Å². The summed E-state index contributed by atoms with van der Waals surface area (Å²) in [6.07, 6.45) is 0.638. The number of hydrogen-bond donors (Lipinski definition) is 0. The molecular weight excluding hydrogens is 333 g/mol. The molecule has 3 aromatic rings. The summed E-state index contributed by atoms with van der Waals surface area (Å²) in [6.45, 7) is 1.96. The van der Waals surface area contributed by atoms with E-state index in [1.807, 2.05) is 31.2 Å². The van der Waals surface area contributed by atoms with Crippen molar-refractivity contribution in [3.05, 3.63) is 77.2 Å². The van der Waals surface area contributed by atoms with Crippen LogP contribution < -0.4 is 0 Å². The third-order valence-electron chi connectivity index (χ3n) is 4.01. The predicted octanol–water partition coefficient (Wildman–Crippen LogP) is 4.50. The second-order valence-corrected chi connectivity index (χ2v) is 6.00. The number of carbonyl (C=O) groups is 2. The number of esters is 1. The molecule has 0 fully saturated rings. The van der Waals surface area contributed by atoms with Gasteiger partial charge in [0.15, 0.2) is 5.78 Å². The van der Waals surface area contributed by atoms with Crippen LogP contribution in [0.3, 0.4) is 0 Å². The number of Topliss-reactive ketones (excluding diaryl/α,β-unsaturated/α-hetero) is 1. The highest BCUT2D eigenvalue weighted by Crippen LogP contribution is 2.19. The molecule has 0 bridgehead atoms. The van der Waals surface area contributed by atoms with Gasteiger partial charge in [-0.3, -0.25) is 9.78 Å². The maximum Gasteiger partial charge on any atom is 0.338 e. The third-order valence-corrected chi connectivity index (χ3v) is 4.01. The van der Waals surface area contributed by atoms with E-state index in [2.05, 4.69) is 4.98 Å². The molecule has 2 aromatic carbocycles. The van der Waals surface area contributed by atoms with Gasteiger partial charge in [0.05, 0.1) is 17.7 Å². The molecule has 0 aliphatic heterocycles. The summed E-state index contributed by atoms with van der Waals surface area (Å²) in [7, 11) is 0. The Morgan fingerprint density at radius 1 is 1.08 bits per heavy atom. The lowest BCUT2D eigenvalue weighted by atomic mass is 10.1. The summed E-state index contributed by atoms with van der Waals surface area (Å²) in [5, 5.41) is 0.741. The highest BCUT2D eigenvalue weighted by atomic mass is 19.1. The van der Waals surface area contributed by atoms with Crippen LogP contribution in [0.5, 0.6) is 0 Å². The molecule has 0 saturated heterocycles. The molecule has 0 aliphatic rings. The number of aryl methyl sites for hydroxylation is 1. The molecule has 4 nitrogen and oxygen atoms in total. The van der Waals surface area contributed by atoms with Crippen molar-refractivity contribution in [1.82, 2.24) is 4.98 Å². The Morgan fingerprint density at radius 3 is 2.58 bits per heavy atom. The van der Waals surface area contributed by atoms with Gasteiger partial charge in [0, 0.05) is 23.1 Å². The van der Waals surface area contributed by atoms with Gasteiger partial charge in [-0.15, -0.1) is 0 Å². The van der Waals surface area contributed by atoms with Crippen LogP contribution in [0.1, 0.15) is 39.3 Å². The molecule has 0 unspecified atom stereocenters. The van der Waals surface area contributed by atoms with Crippen molar-refractivity contribution < 1.29 is 18.7 Å². The van der Waals surface area contributed by atoms with Crippen molar-refractivity contribution in [3.8, 4) is 0 Å². The molecule has 0 radical (unpaired) electrons. The SMILES string of the molecule is Cc1cc(C(=O)OCCCC(=O)c2ccc(F)cc2)c2ccccc2n1. The fraction of sp³-hybridized carbons (Fsp3) is 0.190. The maximum absolute atomic E-state index is 12.9. The van der Waals surface area contributed by atoms with Crippen molar-refractivity contribution in [3.63, 3.8) is 0 Å². The van der Waals surface area contributed by atoms with E-state index >= 15 is 0 Å². The van der Waals surface area contributed by atoms with Gasteiger partial charge in [0.25, 0.3) is 0 Å². The Kier molecular flexibility index (Phi) is 5.37. The van der Waals surface area contributed by atoms with Crippen LogP contribution >= 0.6 is 0 Å². The van der Waals surface area contributed by atoms with Gasteiger partial charge < -0.3 is 4.74 Å². The normalized spacial score (nSPS) is 10.7. The first kappa shape index (κ1) is 17.7. The lowest BCUT2D eigenvalue weighted by Crippen LogP contribution is -2.09. The number of para-hydroxylation sites is 1. The lowest BCUT2D eigenvalue weighted by Gasteiger charge is -2.08. The van der Waals surface area contributed by atoms with Crippen LogP contribution in [0.2, 0.25) is 0 Å². The van der Waals surface area contributed by atoms with Gasteiger partial charge in [0.1, 0.15) is 5.82 Å². The minimum atomic E-state index is -0.430. The van der Waals surface area contributed by atoms with E-state index in [9.17, 15) is 14.0 Å². The molecule has 5 heteroatoms. The van der Waals surface area contributed by atoms with E-state index in [-0.39, 0.29) is 24.6 Å². The summed E-state index contributed by atoms with van der Waals surface area (Å²) in [6, 6.07) is 14.5. The van der Waals surface area contributed by atoms with Gasteiger partial charge >= 0.3 is 5.97 Å². The average Bonchev–Trinajstić information content (AvgIpc) is 2.64. The number of ketones is 1. The van der Waals surface area contributed by atoms with Gasteiger partial charge in [-0.1, -0.05) is 18.2 Å². The van der Waals surface area contributed by atoms with Gasteiger partial charge in [-0.25, -0.2) is 9.18 Å². The zero-order valence-corrected chi connectivity index (χ0v) is 14.4. The van der Waals surface area contributed by atoms with Crippen LogP contribution in [0.25, 0.3) is 10.9 Å². The Labute approximate surface area is 150 Å². The first-order chi connectivity index (χ1) is 12.5. The molecule has 0 spiro atoms. The zero-order chi connectivity index (χ0) is 18.5. The molecule has 1 heterocycles. The summed E-state index contributed by atoms with van der Waals surface area (Å²) < 4.78 is 18.2. The molecule has 132 valence electrons. The number of carbonyl (C=O) groups excluding carboxylic acids is 2. The van der Waals surface area contributed by atoms with E-state index in [1.165, 1.54) is 24.3 Å². The van der Waals surface area contributed by atoms with Crippen molar-refractivity contribution in [2.45, 2.75) is 19.8 Å². The molecule has 0 amide bonds. The van der Waals surface area contributed by atoms with Crippen molar-refractivity contribution >= 4 is 22.7 Å². The van der Waals surface area contributed by atoms with Gasteiger partial charge in [-0.05, 0) is 49.7 Å². The third kappa shape index (κ3) is 4.11. The van der Waals surface area contributed by atoms with Crippen molar-refractivity contribution in [1.29, 1.82) is 0 Å². The molecule has 1 aromatic heterocycles. The summed E-state index contributed by atoms with van der Waals surface area (Å²) in [4.78, 5) is 28.8. The lowest BCUT2D eigenvalue weighted by molar-refractivity contribution is 0.0496. The molecule has 26 heavy (non-hydrogen) atoms. The summed E-state index contributed by atoms with van der Waals surface area (Å²) in [5.41, 5.74) is 2.40. The largest absolute Gasteiger partial charge is 0.462 e. The Hall–Kier alpha value is -3.08. The van der Waals surface area contributed by atoms with Crippen molar-refractivity contribution in [2.24, 2.45) is 0 Å². The van der Waals surface area contributed by atoms with Gasteiger partial charge in [0.2, 0.25) is 0 Å². The number of fused-ring (bicyclic) bond motifs is 1. The molecule has 0 N–H and O–H groups in total. The van der Waals surface area contributed by atoms with Crippen molar-refractivity contribution in [2.75, 3.05) is 6.61 Å². The van der Waals surface area contributed by atoms with Gasteiger partial charge in [-0.2, -0.15) is 0 Å². The topological polar surface area (TPSA) is 56.3 Å². The quantitative estimate of drug-likeness (QED) is 0.373. The minimum Gasteiger partial charge on any atom is -0.462 e. The highest BCUT2D eigenvalue weighted by molar-refractivity contribution is 6.03. The molecule has 3 rings (SSSR count). The van der Waals surface area contributed by atoms with Crippen LogP contribution in [-0.4, -0.2) is 23.3 Å². The fourth-order valence-corrected chi connectivity index (χ4v) is 2.73. The number of benzene rings is 2. The standard InChI is InChI=1S/C21H18FNO3/c1-14-13-18(17-5-2-3-6-19(17)23-14)21(25)26-12-4-7-20(24)15-8-10-16(22)11-9-15/h2-3,5-6,8-11,13H,4,7,12H2,1H3. The average molecular weight is 351 g/mol. The molecule has 0 atom stereocenters. The number of aromatic nitrogens is 1. The number of ether oxygens (including phenoxy) is 1. The van der Waals surface area contributed by atoms with Crippen LogP contribution in [0.15, 0.2) is 54.6 Å². The Balaban J connectivity index is 1.58. The monoisotopic (exact) mass is 351 g/mol. The number of rotatable bonds is 6. The summed E-state index contributed by atoms with van der Waals surface area (Å²) >= 11 is 0. The number of halogens is 1. The number of pyridine rings is 1. The number of hydrogen-bond acceptors (Lipinski definition) is 4. The first-order valence-corrected chi connectivity index (χ1v) is 8.37. The maximum atomic E-state index is 12.9. The Bertz CT molecular complexity index is 951. The van der Waals surface area contributed by atoms with E-state index in [1.54, 1.807) is 6.07 Å². The molecule has 0 saturated carbocycles. The van der Waals surface area contributed by atoms with E-state index in [0.29, 0.717) is 17.5 Å². The predicted molar refractivity (Wildman–Crippen MR) is 96.7 cm³/mol. The number of nitrogens with zero attached hydrogens (tertiary/aromatic N) is 1. The Morgan fingerprint density at radius 2 is 1.81 bits per heavy atom.